The Labute approximate surface area is 88.3 Å². The fraction of sp³-hybridized carbons (Fsp3) is 0.500. The van der Waals surface area contributed by atoms with Crippen LogP contribution in [0.5, 0.6) is 0 Å². The van der Waals surface area contributed by atoms with Crippen molar-refractivity contribution in [3.8, 4) is 0 Å². The third-order valence-electron chi connectivity index (χ3n) is 2.43. The van der Waals surface area contributed by atoms with Crippen LogP contribution in [0.3, 0.4) is 0 Å². The Bertz CT molecular complexity index is 301. The van der Waals surface area contributed by atoms with Crippen molar-refractivity contribution in [2.24, 2.45) is 0 Å². The van der Waals surface area contributed by atoms with E-state index in [1.54, 1.807) is 6.20 Å². The molecule has 1 saturated heterocycles. The second-order valence-electron chi connectivity index (χ2n) is 3.58. The van der Waals surface area contributed by atoms with Gasteiger partial charge in [0.1, 0.15) is 5.82 Å². The fourth-order valence-corrected chi connectivity index (χ4v) is 1.83. The standard InChI is InChI=1S/C10H13ClN2O/c11-8-3-4-10(12-6-8)13-5-1-2-9(14)7-13/h3-4,6,9,14H,1-2,5,7H2. The lowest BCUT2D eigenvalue weighted by Crippen LogP contribution is -2.38. The molecule has 0 amide bonds. The van der Waals surface area contributed by atoms with Crippen molar-refractivity contribution in [3.05, 3.63) is 23.4 Å². The molecule has 0 aliphatic carbocycles. The summed E-state index contributed by atoms with van der Waals surface area (Å²) in [6.45, 7) is 1.64. The summed E-state index contributed by atoms with van der Waals surface area (Å²) in [5.74, 6) is 0.896. The Morgan fingerprint density at radius 3 is 3.00 bits per heavy atom. The van der Waals surface area contributed by atoms with Gasteiger partial charge in [0.15, 0.2) is 0 Å². The average molecular weight is 213 g/mol. The van der Waals surface area contributed by atoms with E-state index in [-0.39, 0.29) is 6.10 Å². The van der Waals surface area contributed by atoms with Crippen molar-refractivity contribution in [2.45, 2.75) is 18.9 Å². The largest absolute Gasteiger partial charge is 0.391 e. The molecule has 1 aliphatic heterocycles. The smallest absolute Gasteiger partial charge is 0.128 e. The first-order valence-corrected chi connectivity index (χ1v) is 5.18. The summed E-state index contributed by atoms with van der Waals surface area (Å²) < 4.78 is 0. The molecule has 1 atom stereocenters. The highest BCUT2D eigenvalue weighted by molar-refractivity contribution is 6.30. The Kier molecular flexibility index (Phi) is 2.89. The van der Waals surface area contributed by atoms with E-state index in [0.29, 0.717) is 11.6 Å². The van der Waals surface area contributed by atoms with Crippen molar-refractivity contribution in [3.63, 3.8) is 0 Å². The number of hydrogen-bond acceptors (Lipinski definition) is 3. The number of anilines is 1. The number of halogens is 1. The molecule has 0 aromatic carbocycles. The Morgan fingerprint density at radius 1 is 1.50 bits per heavy atom. The van der Waals surface area contributed by atoms with E-state index >= 15 is 0 Å². The van der Waals surface area contributed by atoms with Gasteiger partial charge in [0.2, 0.25) is 0 Å². The topological polar surface area (TPSA) is 36.4 Å². The molecule has 3 nitrogen and oxygen atoms in total. The monoisotopic (exact) mass is 212 g/mol. The van der Waals surface area contributed by atoms with Gasteiger partial charge in [-0.15, -0.1) is 0 Å². The zero-order valence-corrected chi connectivity index (χ0v) is 8.61. The normalized spacial score (nSPS) is 22.4. The van der Waals surface area contributed by atoms with Crippen LogP contribution in [-0.4, -0.2) is 29.3 Å². The zero-order chi connectivity index (χ0) is 9.97. The molecule has 1 fully saturated rings. The first-order valence-electron chi connectivity index (χ1n) is 4.80. The van der Waals surface area contributed by atoms with Crippen LogP contribution in [0.25, 0.3) is 0 Å². The SMILES string of the molecule is OC1CCCN(c2ccc(Cl)cn2)C1. The quantitative estimate of drug-likeness (QED) is 0.770. The molecule has 1 unspecified atom stereocenters. The van der Waals surface area contributed by atoms with Crippen LogP contribution in [0.4, 0.5) is 5.82 Å². The number of aromatic nitrogens is 1. The Morgan fingerprint density at radius 2 is 2.36 bits per heavy atom. The van der Waals surface area contributed by atoms with Gasteiger partial charge in [-0.25, -0.2) is 4.98 Å². The molecule has 0 bridgehead atoms. The third-order valence-corrected chi connectivity index (χ3v) is 2.66. The second kappa shape index (κ2) is 4.15. The Balaban J connectivity index is 2.10. The number of hydrogen-bond donors (Lipinski definition) is 1. The van der Waals surface area contributed by atoms with Crippen molar-refractivity contribution >= 4 is 17.4 Å². The van der Waals surface area contributed by atoms with Crippen LogP contribution < -0.4 is 4.90 Å². The lowest BCUT2D eigenvalue weighted by atomic mass is 10.1. The maximum Gasteiger partial charge on any atom is 0.128 e. The van der Waals surface area contributed by atoms with Crippen molar-refractivity contribution in [1.29, 1.82) is 0 Å². The molecular formula is C10H13ClN2O. The molecule has 0 saturated carbocycles. The number of aliphatic hydroxyl groups excluding tert-OH is 1. The number of pyridine rings is 1. The number of rotatable bonds is 1. The number of aliphatic hydroxyl groups is 1. The summed E-state index contributed by atoms with van der Waals surface area (Å²) >= 11 is 5.75. The van der Waals surface area contributed by atoms with Gasteiger partial charge in [-0.3, -0.25) is 0 Å². The molecule has 4 heteroatoms. The molecule has 1 aliphatic rings. The average Bonchev–Trinajstić information content (AvgIpc) is 2.19. The number of β-amino-alcohol motifs (C(OH)–C–C–N with tert-alkyl or cyclic N) is 1. The zero-order valence-electron chi connectivity index (χ0n) is 7.86. The highest BCUT2D eigenvalue weighted by Gasteiger charge is 2.18. The Hall–Kier alpha value is -0.800. The molecule has 14 heavy (non-hydrogen) atoms. The van der Waals surface area contributed by atoms with Gasteiger partial charge < -0.3 is 10.0 Å². The third kappa shape index (κ3) is 2.16. The minimum atomic E-state index is -0.221. The first-order chi connectivity index (χ1) is 6.75. The molecule has 2 rings (SSSR count). The molecular weight excluding hydrogens is 200 g/mol. The van der Waals surface area contributed by atoms with E-state index in [9.17, 15) is 5.11 Å². The second-order valence-corrected chi connectivity index (χ2v) is 4.01. The van der Waals surface area contributed by atoms with E-state index < -0.39 is 0 Å². The van der Waals surface area contributed by atoms with Crippen LogP contribution in [-0.2, 0) is 0 Å². The molecule has 1 aromatic rings. The van der Waals surface area contributed by atoms with E-state index in [0.717, 1.165) is 25.2 Å². The number of piperidine rings is 1. The van der Waals surface area contributed by atoms with E-state index in [4.69, 9.17) is 11.6 Å². The molecule has 1 aromatic heterocycles. The van der Waals surface area contributed by atoms with Crippen LogP contribution in [0.2, 0.25) is 5.02 Å². The van der Waals surface area contributed by atoms with Gasteiger partial charge in [-0.2, -0.15) is 0 Å². The predicted octanol–water partition coefficient (Wildman–Crippen LogP) is 1.70. The molecule has 0 radical (unpaired) electrons. The van der Waals surface area contributed by atoms with Gasteiger partial charge in [0.05, 0.1) is 11.1 Å². The molecule has 2 heterocycles. The minimum Gasteiger partial charge on any atom is -0.391 e. The summed E-state index contributed by atoms with van der Waals surface area (Å²) in [4.78, 5) is 6.31. The summed E-state index contributed by atoms with van der Waals surface area (Å²) in [7, 11) is 0. The molecule has 1 N–H and O–H groups in total. The first kappa shape index (κ1) is 9.74. The highest BCUT2D eigenvalue weighted by atomic mass is 35.5. The van der Waals surface area contributed by atoms with Gasteiger partial charge >= 0.3 is 0 Å². The summed E-state index contributed by atoms with van der Waals surface area (Å²) in [6.07, 6.45) is 3.33. The van der Waals surface area contributed by atoms with Crippen LogP contribution in [0, 0.1) is 0 Å². The van der Waals surface area contributed by atoms with Crippen molar-refractivity contribution < 1.29 is 5.11 Å². The van der Waals surface area contributed by atoms with Gasteiger partial charge in [-0.1, -0.05) is 11.6 Å². The van der Waals surface area contributed by atoms with E-state index in [1.165, 1.54) is 0 Å². The highest BCUT2D eigenvalue weighted by Crippen LogP contribution is 2.18. The van der Waals surface area contributed by atoms with Crippen molar-refractivity contribution in [2.75, 3.05) is 18.0 Å². The molecule has 0 spiro atoms. The van der Waals surface area contributed by atoms with Gasteiger partial charge in [0, 0.05) is 19.3 Å². The number of nitrogens with zero attached hydrogens (tertiary/aromatic N) is 2. The summed E-state index contributed by atoms with van der Waals surface area (Å²) in [5.41, 5.74) is 0. The van der Waals surface area contributed by atoms with E-state index in [1.807, 2.05) is 12.1 Å². The lowest BCUT2D eigenvalue weighted by Gasteiger charge is -2.30. The van der Waals surface area contributed by atoms with E-state index in [2.05, 4.69) is 9.88 Å². The van der Waals surface area contributed by atoms with Gasteiger partial charge in [-0.05, 0) is 25.0 Å². The summed E-state index contributed by atoms with van der Waals surface area (Å²) in [6, 6.07) is 3.71. The molecule has 76 valence electrons. The maximum atomic E-state index is 9.50. The van der Waals surface area contributed by atoms with Crippen molar-refractivity contribution in [1.82, 2.24) is 4.98 Å². The van der Waals surface area contributed by atoms with Crippen LogP contribution >= 0.6 is 11.6 Å². The fourth-order valence-electron chi connectivity index (χ4n) is 1.72. The van der Waals surface area contributed by atoms with Crippen LogP contribution in [0.15, 0.2) is 18.3 Å². The minimum absolute atomic E-state index is 0.221. The lowest BCUT2D eigenvalue weighted by molar-refractivity contribution is 0.154. The van der Waals surface area contributed by atoms with Crippen LogP contribution in [0.1, 0.15) is 12.8 Å². The maximum absolute atomic E-state index is 9.50. The summed E-state index contributed by atoms with van der Waals surface area (Å²) in [5, 5.41) is 10.1. The van der Waals surface area contributed by atoms with Gasteiger partial charge in [0.25, 0.3) is 0 Å². The predicted molar refractivity (Wildman–Crippen MR) is 56.7 cm³/mol.